The summed E-state index contributed by atoms with van der Waals surface area (Å²) in [4.78, 5) is 9.55. The number of aliphatic hydroxyl groups excluding tert-OH is 4. The first-order chi connectivity index (χ1) is 27.0. The molecule has 0 bridgehead atoms. The number of aliphatic hydroxyl groups is 4. The van der Waals surface area contributed by atoms with Gasteiger partial charge in [0, 0.05) is 33.9 Å². The Labute approximate surface area is 329 Å². The molecular formula is C49H49N3O4. The first kappa shape index (κ1) is 40.5. The Bertz CT molecular complexity index is 2510. The van der Waals surface area contributed by atoms with Gasteiger partial charge in [-0.05, 0) is 86.7 Å². The molecule has 5 rings (SSSR count). The van der Waals surface area contributed by atoms with Crippen LogP contribution in [-0.2, 0) is 6.54 Å². The van der Waals surface area contributed by atoms with E-state index in [-0.39, 0.29) is 17.0 Å². The van der Waals surface area contributed by atoms with Crippen LogP contribution in [0.15, 0.2) is 181 Å². The summed E-state index contributed by atoms with van der Waals surface area (Å²) >= 11 is 0. The van der Waals surface area contributed by atoms with Crippen LogP contribution in [-0.4, -0.2) is 41.1 Å². The van der Waals surface area contributed by atoms with Gasteiger partial charge in [0.1, 0.15) is 11.9 Å². The zero-order chi connectivity index (χ0) is 40.4. The van der Waals surface area contributed by atoms with E-state index >= 15 is 0 Å². The molecule has 1 atom stereocenters. The van der Waals surface area contributed by atoms with Crippen LogP contribution in [0.2, 0.25) is 0 Å². The summed E-state index contributed by atoms with van der Waals surface area (Å²) in [6.07, 6.45) is 18.6. The Balaban J connectivity index is 1.55. The van der Waals surface area contributed by atoms with Gasteiger partial charge in [0.25, 0.3) is 0 Å². The van der Waals surface area contributed by atoms with Crippen molar-refractivity contribution in [2.24, 2.45) is 0 Å². The van der Waals surface area contributed by atoms with Crippen LogP contribution in [0.5, 0.6) is 0 Å². The zero-order valence-corrected chi connectivity index (χ0v) is 32.6. The van der Waals surface area contributed by atoms with Gasteiger partial charge < -0.3 is 25.0 Å². The van der Waals surface area contributed by atoms with Crippen molar-refractivity contribution in [3.63, 3.8) is 0 Å². The van der Waals surface area contributed by atoms with Crippen LogP contribution in [0, 0.1) is 0 Å². The minimum atomic E-state index is -1.37. The highest BCUT2D eigenvalue weighted by Crippen LogP contribution is 2.34. The van der Waals surface area contributed by atoms with Gasteiger partial charge in [-0.3, -0.25) is 0 Å². The van der Waals surface area contributed by atoms with Gasteiger partial charge in [0.15, 0.2) is 17.3 Å². The Morgan fingerprint density at radius 1 is 0.821 bits per heavy atom. The number of hydrogen-bond donors (Lipinski definition) is 4. The average Bonchev–Trinajstić information content (AvgIpc) is 3.51. The lowest BCUT2D eigenvalue weighted by atomic mass is 9.98. The molecule has 4 N–H and O–H groups in total. The van der Waals surface area contributed by atoms with E-state index in [0.29, 0.717) is 18.1 Å². The SMILES string of the molecule is C=C/C=C(\C=C(/C)C(=C)/C=C\C=C/C)c1ccc2c(c1)c1ccccc1n2C/C=C\C(=C/C)c1cc(C(/C(O)=C(/O)C(C)O)=C(/C)O)nc(-c2ccccc2)n1. The van der Waals surface area contributed by atoms with Crippen molar-refractivity contribution >= 4 is 38.5 Å². The summed E-state index contributed by atoms with van der Waals surface area (Å²) in [6, 6.07) is 25.9. The van der Waals surface area contributed by atoms with E-state index in [9.17, 15) is 20.4 Å². The molecule has 0 aliphatic carbocycles. The lowest BCUT2D eigenvalue weighted by Crippen LogP contribution is -2.10. The summed E-state index contributed by atoms with van der Waals surface area (Å²) < 4.78 is 2.28. The predicted octanol–water partition coefficient (Wildman–Crippen LogP) is 12.1. The molecule has 0 saturated carbocycles. The van der Waals surface area contributed by atoms with Crippen LogP contribution in [0.3, 0.4) is 0 Å². The molecule has 284 valence electrons. The number of aromatic nitrogens is 3. The second-order valence-electron chi connectivity index (χ2n) is 13.3. The van der Waals surface area contributed by atoms with E-state index in [0.717, 1.165) is 55.2 Å². The van der Waals surface area contributed by atoms with Crippen molar-refractivity contribution in [1.82, 2.24) is 14.5 Å². The monoisotopic (exact) mass is 743 g/mol. The van der Waals surface area contributed by atoms with Gasteiger partial charge >= 0.3 is 0 Å². The second kappa shape index (κ2) is 18.6. The van der Waals surface area contributed by atoms with E-state index in [1.165, 1.54) is 13.8 Å². The molecule has 1 unspecified atom stereocenters. The van der Waals surface area contributed by atoms with Crippen molar-refractivity contribution in [2.45, 2.75) is 47.3 Å². The lowest BCUT2D eigenvalue weighted by Gasteiger charge is -2.14. The van der Waals surface area contributed by atoms with E-state index in [4.69, 9.17) is 4.98 Å². The maximum Gasteiger partial charge on any atom is 0.168 e. The Morgan fingerprint density at radius 2 is 1.52 bits per heavy atom. The maximum atomic E-state index is 11.0. The van der Waals surface area contributed by atoms with Crippen LogP contribution in [0.4, 0.5) is 0 Å². The summed E-state index contributed by atoms with van der Waals surface area (Å²) in [5, 5.41) is 44.3. The van der Waals surface area contributed by atoms with Gasteiger partial charge in [-0.2, -0.15) is 0 Å². The third-order valence-corrected chi connectivity index (χ3v) is 9.33. The Morgan fingerprint density at radius 3 is 2.20 bits per heavy atom. The number of benzene rings is 3. The quantitative estimate of drug-likeness (QED) is 0.0665. The first-order valence-corrected chi connectivity index (χ1v) is 18.5. The molecule has 7 heteroatoms. The molecule has 0 saturated heterocycles. The average molecular weight is 744 g/mol. The lowest BCUT2D eigenvalue weighted by molar-refractivity contribution is 0.157. The molecule has 2 aromatic heterocycles. The molecule has 2 heterocycles. The number of para-hydroxylation sites is 1. The van der Waals surface area contributed by atoms with Gasteiger partial charge in [0.05, 0.1) is 17.0 Å². The van der Waals surface area contributed by atoms with Crippen molar-refractivity contribution in [3.05, 3.63) is 198 Å². The number of allylic oxidation sites excluding steroid dienone is 16. The smallest absolute Gasteiger partial charge is 0.168 e. The Kier molecular flexibility index (Phi) is 13.4. The molecule has 0 aliphatic heterocycles. The molecule has 0 spiro atoms. The van der Waals surface area contributed by atoms with Crippen molar-refractivity contribution in [3.8, 4) is 11.4 Å². The van der Waals surface area contributed by atoms with E-state index in [1.807, 2.05) is 92.8 Å². The van der Waals surface area contributed by atoms with E-state index in [2.05, 4.69) is 78.2 Å². The zero-order valence-electron chi connectivity index (χ0n) is 32.6. The van der Waals surface area contributed by atoms with Gasteiger partial charge in [0.2, 0.25) is 0 Å². The number of hydrogen-bond acceptors (Lipinski definition) is 6. The third-order valence-electron chi connectivity index (χ3n) is 9.33. The number of rotatable bonds is 14. The molecule has 7 nitrogen and oxygen atoms in total. The Hall–Kier alpha value is -6.70. The largest absolute Gasteiger partial charge is 0.512 e. The van der Waals surface area contributed by atoms with Crippen LogP contribution in [0.1, 0.15) is 51.6 Å². The highest BCUT2D eigenvalue weighted by molar-refractivity contribution is 6.09. The number of fused-ring (bicyclic) bond motifs is 3. The van der Waals surface area contributed by atoms with Crippen LogP contribution >= 0.6 is 0 Å². The predicted molar refractivity (Wildman–Crippen MR) is 234 cm³/mol. The highest BCUT2D eigenvalue weighted by atomic mass is 16.3. The molecule has 56 heavy (non-hydrogen) atoms. The summed E-state index contributed by atoms with van der Waals surface area (Å²) in [5.74, 6) is -1.28. The third kappa shape index (κ3) is 9.14. The summed E-state index contributed by atoms with van der Waals surface area (Å²) in [7, 11) is 0. The maximum absolute atomic E-state index is 11.0. The minimum absolute atomic E-state index is 0.115. The van der Waals surface area contributed by atoms with Gasteiger partial charge in [-0.1, -0.05) is 129 Å². The molecule has 0 radical (unpaired) electrons. The van der Waals surface area contributed by atoms with Crippen molar-refractivity contribution in [2.75, 3.05) is 0 Å². The molecule has 0 fully saturated rings. The second-order valence-corrected chi connectivity index (χ2v) is 13.3. The molecule has 3 aromatic carbocycles. The van der Waals surface area contributed by atoms with Crippen molar-refractivity contribution < 1.29 is 20.4 Å². The minimum Gasteiger partial charge on any atom is -0.512 e. The fraction of sp³-hybridized carbons (Fsp3) is 0.143. The fourth-order valence-electron chi connectivity index (χ4n) is 6.38. The standard InChI is InChI=1S/C49H49N3O4/c1-8-11-13-20-32(4)33(5)29-38(19-9-2)39-26-27-45-41(30-39)40-24-16-17-25-44(40)52(45)28-18-23-36(10-3)42-31-43(46(34(6)53)48(56)47(55)35(7)54)51-49(50-42)37-21-14-12-15-22-37/h8-27,29-31,35,53-56H,2,4,28H2,1,3,5-7H3/b11-8-,20-13-,23-18-,33-29+,36-10+,38-19+,46-34+,48-47-. The fourth-order valence-corrected chi connectivity index (χ4v) is 6.38. The highest BCUT2D eigenvalue weighted by Gasteiger charge is 2.22. The van der Waals surface area contributed by atoms with Crippen LogP contribution < -0.4 is 0 Å². The molecule has 0 aliphatic rings. The van der Waals surface area contributed by atoms with Gasteiger partial charge in [-0.15, -0.1) is 0 Å². The van der Waals surface area contributed by atoms with E-state index in [1.54, 1.807) is 12.1 Å². The van der Waals surface area contributed by atoms with Gasteiger partial charge in [-0.25, -0.2) is 9.97 Å². The molecular weight excluding hydrogens is 695 g/mol. The summed E-state index contributed by atoms with van der Waals surface area (Å²) in [6.45, 7) is 17.4. The normalized spacial score (nSPS) is 14.6. The number of nitrogens with zero attached hydrogens (tertiary/aromatic N) is 3. The first-order valence-electron chi connectivity index (χ1n) is 18.5. The van der Waals surface area contributed by atoms with Crippen LogP contribution in [0.25, 0.3) is 49.9 Å². The molecule has 5 aromatic rings. The topological polar surface area (TPSA) is 112 Å². The van der Waals surface area contributed by atoms with E-state index < -0.39 is 17.6 Å². The molecule has 0 amide bonds. The van der Waals surface area contributed by atoms with Crippen molar-refractivity contribution in [1.29, 1.82) is 0 Å². The summed E-state index contributed by atoms with van der Waals surface area (Å²) in [5.41, 5.74) is 8.37.